The number of aliphatic imine (C=N–C) groups is 1. The van der Waals surface area contributed by atoms with Gasteiger partial charge in [0.2, 0.25) is 41.4 Å². The Balaban J connectivity index is 1.68. The molecule has 10 atom stereocenters. The lowest BCUT2D eigenvalue weighted by atomic mass is 10.0. The lowest BCUT2D eigenvalue weighted by Crippen LogP contribution is -2.62. The van der Waals surface area contributed by atoms with E-state index in [9.17, 15) is 73.7 Å². The normalized spacial score (nSPS) is 18.7. The molecule has 0 aliphatic carbocycles. The second-order valence-electron chi connectivity index (χ2n) is 18.3. The van der Waals surface area contributed by atoms with E-state index < -0.39 is 126 Å². The second-order valence-corrected chi connectivity index (χ2v) is 18.3. The number of benzene rings is 1. The Hall–Kier alpha value is -6.89. The number of hydroxylamine groups is 4. The summed E-state index contributed by atoms with van der Waals surface area (Å²) in [6, 6.07) is -5.64. The molecule has 0 radical (unpaired) electrons. The Morgan fingerprint density at radius 1 is 0.853 bits per heavy atom. The fourth-order valence-corrected chi connectivity index (χ4v) is 7.78. The number of rotatable bonds is 30. The average Bonchev–Trinajstić information content (AvgIpc) is 3.36. The Morgan fingerprint density at radius 3 is 2.13 bits per heavy atom. The highest BCUT2D eigenvalue weighted by atomic mass is 16.5. The molecule has 2 aliphatic rings. The van der Waals surface area contributed by atoms with Gasteiger partial charge in [-0.2, -0.15) is 0 Å². The number of carboxylic acid groups (broad SMARTS) is 1. The molecule has 1 aromatic carbocycles. The van der Waals surface area contributed by atoms with Crippen molar-refractivity contribution >= 4 is 65.0 Å². The first kappa shape index (κ1) is 62.4. The summed E-state index contributed by atoms with van der Waals surface area (Å²) in [4.78, 5) is 134. The third kappa shape index (κ3) is 20.7. The van der Waals surface area contributed by atoms with Crippen LogP contribution in [0.3, 0.4) is 0 Å². The van der Waals surface area contributed by atoms with Crippen LogP contribution in [0.25, 0.3) is 0 Å². The number of imide groups is 1. The second kappa shape index (κ2) is 31.1. The summed E-state index contributed by atoms with van der Waals surface area (Å²) in [5, 5.41) is 80.5. The molecule has 75 heavy (non-hydrogen) atoms. The van der Waals surface area contributed by atoms with E-state index in [-0.39, 0.29) is 89.1 Å². The van der Waals surface area contributed by atoms with Crippen molar-refractivity contribution < 1.29 is 78.8 Å². The number of nitrogens with zero attached hydrogens (tertiary/aromatic N) is 3. The van der Waals surface area contributed by atoms with E-state index in [1.165, 1.54) is 19.1 Å². The van der Waals surface area contributed by atoms with Crippen LogP contribution in [-0.2, 0) is 54.4 Å². The van der Waals surface area contributed by atoms with Gasteiger partial charge < -0.3 is 63.8 Å². The molecule has 2 aliphatic heterocycles. The molecule has 0 spiro atoms. The minimum atomic E-state index is -1.85. The number of hydrogen-bond donors (Lipinski definition) is 16. The van der Waals surface area contributed by atoms with Crippen LogP contribution >= 0.6 is 0 Å². The molecule has 2 heterocycles. The lowest BCUT2D eigenvalue weighted by molar-refractivity contribution is -0.173. The number of nitrogens with two attached hydrogens (primary N) is 2. The Kier molecular flexibility index (Phi) is 25.9. The first-order valence-electron chi connectivity index (χ1n) is 24.6. The van der Waals surface area contributed by atoms with E-state index in [4.69, 9.17) is 16.6 Å². The number of aromatic hydroxyl groups is 1. The number of aliphatic carboxylic acids is 1. The zero-order chi connectivity index (χ0) is 55.9. The summed E-state index contributed by atoms with van der Waals surface area (Å²) in [7, 11) is 0. The van der Waals surface area contributed by atoms with E-state index in [0.717, 1.165) is 13.8 Å². The van der Waals surface area contributed by atoms with Crippen LogP contribution in [0.4, 0.5) is 0 Å². The molecule has 0 unspecified atom stereocenters. The number of piperidine rings is 1. The SMILES string of the molecule is CC(=O)N(O)CCC[C@H](N[C@@H]1CCCN(O)C1=O)C(=O)NC(=O)[C@@H](CO)NC(=O)[C@@H](NC(=O)[C@H](CCCCN)NC(=O)[C@@H](C)NC(=O)[C@@H]1CCN=C([C@H](Cc2ccc(O)cc2)NC(=O)CC[C@H](N)C(=O)O)N1)[C@@H](C)O. The monoisotopic (exact) mass is 1060 g/mol. The summed E-state index contributed by atoms with van der Waals surface area (Å²) in [5.74, 6) is -8.96. The van der Waals surface area contributed by atoms with Crippen molar-refractivity contribution in [1.82, 2.24) is 52.7 Å². The number of amidine groups is 1. The van der Waals surface area contributed by atoms with Crippen molar-refractivity contribution in [2.45, 2.75) is 152 Å². The van der Waals surface area contributed by atoms with Gasteiger partial charge in [0.25, 0.3) is 11.8 Å². The van der Waals surface area contributed by atoms with Gasteiger partial charge in [-0.3, -0.25) is 74.0 Å². The highest BCUT2D eigenvalue weighted by molar-refractivity contribution is 6.02. The van der Waals surface area contributed by atoms with E-state index in [1.807, 2.05) is 5.32 Å². The molecule has 1 saturated heterocycles. The molecule has 18 N–H and O–H groups in total. The van der Waals surface area contributed by atoms with Crippen molar-refractivity contribution in [1.29, 1.82) is 0 Å². The van der Waals surface area contributed by atoms with Gasteiger partial charge in [-0.1, -0.05) is 12.1 Å². The summed E-state index contributed by atoms with van der Waals surface area (Å²) in [5.41, 5.74) is 11.9. The van der Waals surface area contributed by atoms with Crippen LogP contribution in [-0.4, -0.2) is 199 Å². The van der Waals surface area contributed by atoms with Crippen LogP contribution in [0.15, 0.2) is 29.3 Å². The Morgan fingerprint density at radius 2 is 1.51 bits per heavy atom. The molecule has 29 nitrogen and oxygen atoms in total. The number of nitrogens with one attached hydrogen (secondary N) is 8. The van der Waals surface area contributed by atoms with Gasteiger partial charge in [0.15, 0.2) is 0 Å². The standard InChI is InChI=1S/C46H73N13O16/c1-24(50-40(66)32-17-19-49-38(53-32)34(22-27-11-13-28(63)14-12-27)52-36(64)16-15-29(48)46(72)73)39(65)54-31(8-4-5-18-47)41(67)56-37(25(2)61)44(70)55-35(23-60)43(69)57-42(68)30(9-6-20-58(74)26(3)62)51-33-10-7-21-59(75)45(33)71/h11-14,24-25,29-35,37,51,60-61,63,74-75H,4-10,15-23,47-48H2,1-3H3,(H,49,53)(H,50,66)(H,52,64)(H,54,65)(H,55,70)(H,56,67)(H,72,73)(H,57,68,69)/t24-,25-,29+,30+,31+,32+,33-,34+,35-,37+/m1/s1. The van der Waals surface area contributed by atoms with Crippen LogP contribution in [0.2, 0.25) is 0 Å². The third-order valence-corrected chi connectivity index (χ3v) is 12.2. The van der Waals surface area contributed by atoms with Crippen LogP contribution < -0.4 is 54.0 Å². The quantitative estimate of drug-likeness (QED) is 0.0195. The Bertz CT molecular complexity index is 2180. The summed E-state index contributed by atoms with van der Waals surface area (Å²) in [6.07, 6.45) is -0.612. The molecular formula is C46H73N13O16. The molecular weight excluding hydrogens is 991 g/mol. The first-order chi connectivity index (χ1) is 35.4. The number of carboxylic acids is 1. The maximum Gasteiger partial charge on any atom is 0.320 e. The predicted octanol–water partition coefficient (Wildman–Crippen LogP) is -5.17. The van der Waals surface area contributed by atoms with E-state index in [0.29, 0.717) is 35.0 Å². The zero-order valence-electron chi connectivity index (χ0n) is 42.2. The van der Waals surface area contributed by atoms with Crippen molar-refractivity contribution in [2.24, 2.45) is 16.5 Å². The van der Waals surface area contributed by atoms with Crippen LogP contribution in [0.1, 0.15) is 90.5 Å². The van der Waals surface area contributed by atoms with Crippen molar-refractivity contribution in [3.05, 3.63) is 29.8 Å². The van der Waals surface area contributed by atoms with Gasteiger partial charge in [0, 0.05) is 33.0 Å². The van der Waals surface area contributed by atoms with Gasteiger partial charge in [-0.15, -0.1) is 0 Å². The third-order valence-electron chi connectivity index (χ3n) is 12.2. The molecule has 0 bridgehead atoms. The van der Waals surface area contributed by atoms with Gasteiger partial charge >= 0.3 is 5.97 Å². The van der Waals surface area contributed by atoms with Crippen molar-refractivity contribution in [3.63, 3.8) is 0 Å². The topological polar surface area (TPSA) is 459 Å². The minimum absolute atomic E-state index is 0.00260. The van der Waals surface area contributed by atoms with Crippen LogP contribution in [0.5, 0.6) is 5.75 Å². The Labute approximate surface area is 432 Å². The van der Waals surface area contributed by atoms with E-state index >= 15 is 0 Å². The zero-order valence-corrected chi connectivity index (χ0v) is 42.2. The highest BCUT2D eigenvalue weighted by Crippen LogP contribution is 2.15. The maximum absolute atomic E-state index is 13.8. The van der Waals surface area contributed by atoms with Gasteiger partial charge in [-0.05, 0) is 102 Å². The number of hydrogen-bond acceptors (Lipinski definition) is 20. The number of aliphatic hydroxyl groups is 2. The average molecular weight is 1060 g/mol. The predicted molar refractivity (Wildman–Crippen MR) is 263 cm³/mol. The molecule has 3 rings (SSSR count). The number of phenols is 1. The van der Waals surface area contributed by atoms with Crippen molar-refractivity contribution in [3.8, 4) is 5.75 Å². The molecule has 0 saturated carbocycles. The number of carbonyl (C=O) groups excluding carboxylic acids is 9. The molecule has 1 aromatic rings. The molecule has 418 valence electrons. The minimum Gasteiger partial charge on any atom is -0.508 e. The maximum atomic E-state index is 13.8. The molecule has 1 fully saturated rings. The number of unbranched alkanes of at least 4 members (excludes halogenated alkanes) is 1. The largest absolute Gasteiger partial charge is 0.508 e. The number of carbonyl (C=O) groups is 10. The molecule has 0 aromatic heterocycles. The fraction of sp³-hybridized carbons (Fsp3) is 0.630. The number of aliphatic hydroxyl groups excluding tert-OH is 2. The fourth-order valence-electron chi connectivity index (χ4n) is 7.78. The van der Waals surface area contributed by atoms with Gasteiger partial charge in [0.1, 0.15) is 47.8 Å². The molecule has 9 amide bonds. The summed E-state index contributed by atoms with van der Waals surface area (Å²) in [6.45, 7) is 2.66. The van der Waals surface area contributed by atoms with Crippen LogP contribution in [0, 0.1) is 0 Å². The van der Waals surface area contributed by atoms with Gasteiger partial charge in [0.05, 0.1) is 30.8 Å². The van der Waals surface area contributed by atoms with E-state index in [1.54, 1.807) is 12.1 Å². The molecule has 29 heteroatoms. The van der Waals surface area contributed by atoms with E-state index in [2.05, 4.69) is 42.2 Å². The smallest absolute Gasteiger partial charge is 0.320 e. The summed E-state index contributed by atoms with van der Waals surface area (Å²) >= 11 is 0. The highest BCUT2D eigenvalue weighted by Gasteiger charge is 2.37. The number of phenolic OH excluding ortho intramolecular Hbond substituents is 1. The van der Waals surface area contributed by atoms with Gasteiger partial charge in [-0.25, -0.2) is 10.1 Å². The number of amides is 9. The lowest BCUT2D eigenvalue weighted by Gasteiger charge is -2.31. The van der Waals surface area contributed by atoms with Crippen molar-refractivity contribution in [2.75, 3.05) is 32.8 Å². The first-order valence-corrected chi connectivity index (χ1v) is 24.6. The summed E-state index contributed by atoms with van der Waals surface area (Å²) < 4.78 is 0.